The molecule has 4 nitrogen and oxygen atoms in total. The second kappa shape index (κ2) is 5.37. The Morgan fingerprint density at radius 1 is 1.16 bits per heavy atom. The van der Waals surface area contributed by atoms with Gasteiger partial charge >= 0.3 is 0 Å². The first-order valence-corrected chi connectivity index (χ1v) is 7.40. The minimum absolute atomic E-state index is 0.114. The topological polar surface area (TPSA) is 45.5 Å². The Labute approximate surface area is 113 Å². The summed E-state index contributed by atoms with van der Waals surface area (Å²) in [7, 11) is 0. The smallest absolute Gasteiger partial charge is 0.223 e. The Bertz CT molecular complexity index is 497. The summed E-state index contributed by atoms with van der Waals surface area (Å²) in [6.07, 6.45) is 8.99. The summed E-state index contributed by atoms with van der Waals surface area (Å²) < 4.78 is 2.15. The third-order valence-electron chi connectivity index (χ3n) is 4.45. The Morgan fingerprint density at radius 2 is 1.84 bits per heavy atom. The average molecular weight is 262 g/mol. The summed E-state index contributed by atoms with van der Waals surface area (Å²) in [5, 5.41) is 9.70. The zero-order valence-corrected chi connectivity index (χ0v) is 11.3. The molecule has 1 aliphatic heterocycles. The van der Waals surface area contributed by atoms with E-state index in [9.17, 15) is 9.90 Å². The van der Waals surface area contributed by atoms with Crippen LogP contribution in [0.5, 0.6) is 5.75 Å². The van der Waals surface area contributed by atoms with E-state index in [1.165, 1.54) is 25.7 Å². The van der Waals surface area contributed by atoms with E-state index in [0.717, 1.165) is 38.2 Å². The fraction of sp³-hybridized carbons (Fsp3) is 0.667. The van der Waals surface area contributed by atoms with E-state index in [4.69, 9.17) is 0 Å². The summed E-state index contributed by atoms with van der Waals surface area (Å²) in [6.45, 7) is 3.09. The van der Waals surface area contributed by atoms with E-state index in [1.807, 2.05) is 0 Å². The highest BCUT2D eigenvalue weighted by molar-refractivity contribution is 5.21. The molecule has 104 valence electrons. The predicted molar refractivity (Wildman–Crippen MR) is 74.4 cm³/mol. The highest BCUT2D eigenvalue weighted by Crippen LogP contribution is 2.31. The monoisotopic (exact) mass is 262 g/mol. The third-order valence-corrected chi connectivity index (χ3v) is 4.45. The van der Waals surface area contributed by atoms with Gasteiger partial charge in [0.2, 0.25) is 5.43 Å². The number of aromatic nitrogens is 1. The molecule has 1 N–H and O–H groups in total. The highest BCUT2D eigenvalue weighted by atomic mass is 16.3. The molecule has 1 saturated carbocycles. The number of pyridine rings is 1. The summed E-state index contributed by atoms with van der Waals surface area (Å²) in [6, 6.07) is 2.09. The minimum Gasteiger partial charge on any atom is -0.503 e. The van der Waals surface area contributed by atoms with Gasteiger partial charge in [0.1, 0.15) is 0 Å². The van der Waals surface area contributed by atoms with Crippen LogP contribution in [-0.4, -0.2) is 27.7 Å². The van der Waals surface area contributed by atoms with Crippen molar-refractivity contribution in [2.24, 2.45) is 0 Å². The zero-order valence-electron chi connectivity index (χ0n) is 11.3. The van der Waals surface area contributed by atoms with E-state index >= 15 is 0 Å². The molecule has 0 bridgehead atoms. The molecule has 1 aromatic rings. The van der Waals surface area contributed by atoms with Gasteiger partial charge < -0.3 is 9.67 Å². The molecule has 0 spiro atoms. The molecule has 2 aliphatic rings. The SMILES string of the molecule is O=c1cc(CN2CCCC2)n(C2CCCC2)cc1O. The maximum atomic E-state index is 11.7. The molecule has 0 radical (unpaired) electrons. The van der Waals surface area contributed by atoms with Gasteiger partial charge in [-0.1, -0.05) is 12.8 Å². The third kappa shape index (κ3) is 2.68. The van der Waals surface area contributed by atoms with Gasteiger partial charge in [0.15, 0.2) is 5.75 Å². The number of hydrogen-bond acceptors (Lipinski definition) is 3. The molecule has 19 heavy (non-hydrogen) atoms. The Morgan fingerprint density at radius 3 is 2.53 bits per heavy atom. The van der Waals surface area contributed by atoms with Crippen LogP contribution in [0.25, 0.3) is 0 Å². The van der Waals surface area contributed by atoms with Crippen molar-refractivity contribution in [3.05, 3.63) is 28.2 Å². The van der Waals surface area contributed by atoms with Gasteiger partial charge in [0.25, 0.3) is 0 Å². The van der Waals surface area contributed by atoms with Gasteiger partial charge in [-0.05, 0) is 38.8 Å². The van der Waals surface area contributed by atoms with Crippen molar-refractivity contribution < 1.29 is 5.11 Å². The second-order valence-electron chi connectivity index (χ2n) is 5.84. The van der Waals surface area contributed by atoms with Gasteiger partial charge in [-0.3, -0.25) is 9.69 Å². The number of rotatable bonds is 3. The Hall–Kier alpha value is -1.29. The first-order valence-electron chi connectivity index (χ1n) is 7.40. The van der Waals surface area contributed by atoms with Crippen LogP contribution in [0, 0.1) is 0 Å². The van der Waals surface area contributed by atoms with Crippen molar-refractivity contribution >= 4 is 0 Å². The van der Waals surface area contributed by atoms with Gasteiger partial charge in [0, 0.05) is 24.3 Å². The van der Waals surface area contributed by atoms with Crippen LogP contribution in [0.3, 0.4) is 0 Å². The molecular weight excluding hydrogens is 240 g/mol. The van der Waals surface area contributed by atoms with Crippen LogP contribution in [0.1, 0.15) is 50.3 Å². The zero-order chi connectivity index (χ0) is 13.2. The van der Waals surface area contributed by atoms with Crippen molar-refractivity contribution in [3.8, 4) is 5.75 Å². The molecule has 4 heteroatoms. The lowest BCUT2D eigenvalue weighted by Gasteiger charge is -2.23. The van der Waals surface area contributed by atoms with E-state index in [2.05, 4.69) is 9.47 Å². The molecule has 1 aromatic heterocycles. The van der Waals surface area contributed by atoms with Gasteiger partial charge in [-0.25, -0.2) is 0 Å². The maximum absolute atomic E-state index is 11.7. The minimum atomic E-state index is -0.247. The Kier molecular flexibility index (Phi) is 3.60. The van der Waals surface area contributed by atoms with Crippen LogP contribution in [0.2, 0.25) is 0 Å². The lowest BCUT2D eigenvalue weighted by molar-refractivity contribution is 0.312. The molecule has 1 saturated heterocycles. The average Bonchev–Trinajstić information content (AvgIpc) is 3.06. The molecule has 2 heterocycles. The van der Waals surface area contributed by atoms with E-state index in [1.54, 1.807) is 12.3 Å². The van der Waals surface area contributed by atoms with Crippen LogP contribution >= 0.6 is 0 Å². The molecule has 0 amide bonds. The molecule has 0 atom stereocenters. The van der Waals surface area contributed by atoms with Crippen molar-refractivity contribution in [2.75, 3.05) is 13.1 Å². The predicted octanol–water partition coefficient (Wildman–Crippen LogP) is 2.26. The van der Waals surface area contributed by atoms with E-state index in [-0.39, 0.29) is 11.2 Å². The van der Waals surface area contributed by atoms with E-state index in [0.29, 0.717) is 6.04 Å². The standard InChI is InChI=1S/C15H22N2O2/c18-14-9-13(10-16-7-3-4-8-16)17(11-15(14)19)12-5-1-2-6-12/h9,11-12,19H,1-8,10H2. The van der Waals surface area contributed by atoms with Crippen molar-refractivity contribution in [3.63, 3.8) is 0 Å². The first-order chi connectivity index (χ1) is 9.24. The number of nitrogens with zero attached hydrogens (tertiary/aromatic N) is 2. The molecule has 1 aliphatic carbocycles. The number of likely N-dealkylation sites (tertiary alicyclic amines) is 1. The highest BCUT2D eigenvalue weighted by Gasteiger charge is 2.21. The van der Waals surface area contributed by atoms with Crippen LogP contribution < -0.4 is 5.43 Å². The molecule has 0 aromatic carbocycles. The Balaban J connectivity index is 1.90. The quantitative estimate of drug-likeness (QED) is 0.909. The second-order valence-corrected chi connectivity index (χ2v) is 5.84. The number of hydrogen-bond donors (Lipinski definition) is 1. The van der Waals surface area contributed by atoms with Crippen molar-refractivity contribution in [1.29, 1.82) is 0 Å². The van der Waals surface area contributed by atoms with Crippen molar-refractivity contribution in [2.45, 2.75) is 51.1 Å². The van der Waals surface area contributed by atoms with Gasteiger partial charge in [0.05, 0.1) is 6.20 Å². The summed E-state index contributed by atoms with van der Waals surface area (Å²) in [5.74, 6) is -0.114. The summed E-state index contributed by atoms with van der Waals surface area (Å²) in [4.78, 5) is 14.1. The molecule has 0 unspecified atom stereocenters. The number of aromatic hydroxyl groups is 1. The summed E-state index contributed by atoms with van der Waals surface area (Å²) >= 11 is 0. The first kappa shape index (κ1) is 12.7. The van der Waals surface area contributed by atoms with Crippen LogP contribution in [0.4, 0.5) is 0 Å². The molecule has 3 rings (SSSR count). The lowest BCUT2D eigenvalue weighted by atomic mass is 10.2. The molecule has 2 fully saturated rings. The van der Waals surface area contributed by atoms with E-state index < -0.39 is 0 Å². The van der Waals surface area contributed by atoms with Gasteiger partial charge in [-0.15, -0.1) is 0 Å². The lowest BCUT2D eigenvalue weighted by Crippen LogP contribution is -2.24. The molecular formula is C15H22N2O2. The fourth-order valence-electron chi connectivity index (χ4n) is 3.40. The van der Waals surface area contributed by atoms with Gasteiger partial charge in [-0.2, -0.15) is 0 Å². The summed E-state index contributed by atoms with van der Waals surface area (Å²) in [5.41, 5.74) is 0.819. The fourth-order valence-corrected chi connectivity index (χ4v) is 3.40. The van der Waals surface area contributed by atoms with Crippen LogP contribution in [-0.2, 0) is 6.54 Å². The maximum Gasteiger partial charge on any atom is 0.223 e. The largest absolute Gasteiger partial charge is 0.503 e. The van der Waals surface area contributed by atoms with Crippen molar-refractivity contribution in [1.82, 2.24) is 9.47 Å². The normalized spacial score (nSPS) is 21.3. The van der Waals surface area contributed by atoms with Crippen LogP contribution in [0.15, 0.2) is 17.1 Å².